The van der Waals surface area contributed by atoms with E-state index in [2.05, 4.69) is 0 Å². The van der Waals surface area contributed by atoms with Crippen molar-refractivity contribution in [3.05, 3.63) is 66.2 Å². The lowest BCUT2D eigenvalue weighted by atomic mass is 10.1. The molecule has 0 saturated carbocycles. The zero-order valence-electron chi connectivity index (χ0n) is 12.3. The van der Waals surface area contributed by atoms with Gasteiger partial charge < -0.3 is 10.0 Å². The molecule has 0 aliphatic carbocycles. The van der Waals surface area contributed by atoms with Crippen molar-refractivity contribution < 1.29 is 14.7 Å². The molecule has 114 valence electrons. The Bertz CT molecular complexity index is 611. The third-order valence-corrected chi connectivity index (χ3v) is 3.33. The van der Waals surface area contributed by atoms with Gasteiger partial charge in [0.05, 0.1) is 6.54 Å². The van der Waals surface area contributed by atoms with Crippen LogP contribution in [0.15, 0.2) is 60.7 Å². The molecule has 0 atom stereocenters. The van der Waals surface area contributed by atoms with Crippen LogP contribution in [0.3, 0.4) is 0 Å². The first-order chi connectivity index (χ1) is 10.7. The largest absolute Gasteiger partial charge is 0.481 e. The quantitative estimate of drug-likeness (QED) is 0.851. The van der Waals surface area contributed by atoms with Crippen LogP contribution in [0, 0.1) is 0 Å². The molecule has 2 aromatic rings. The van der Waals surface area contributed by atoms with Crippen molar-refractivity contribution in [1.82, 2.24) is 0 Å². The summed E-state index contributed by atoms with van der Waals surface area (Å²) in [7, 11) is 0. The highest BCUT2D eigenvalue weighted by Gasteiger charge is 2.16. The Morgan fingerprint density at radius 2 is 1.45 bits per heavy atom. The molecule has 2 aromatic carbocycles. The summed E-state index contributed by atoms with van der Waals surface area (Å²) in [6.45, 7) is 0.483. The van der Waals surface area contributed by atoms with Crippen molar-refractivity contribution in [3.63, 3.8) is 0 Å². The third-order valence-electron chi connectivity index (χ3n) is 3.33. The minimum absolute atomic E-state index is 0.0136. The molecule has 22 heavy (non-hydrogen) atoms. The maximum Gasteiger partial charge on any atom is 0.303 e. The summed E-state index contributed by atoms with van der Waals surface area (Å²) in [6.07, 6.45) is 0.597. The van der Waals surface area contributed by atoms with E-state index < -0.39 is 5.97 Å². The Labute approximate surface area is 130 Å². The van der Waals surface area contributed by atoms with Gasteiger partial charge in [0.1, 0.15) is 0 Å². The highest BCUT2D eigenvalue weighted by Crippen LogP contribution is 2.18. The van der Waals surface area contributed by atoms with Gasteiger partial charge >= 0.3 is 5.97 Å². The Balaban J connectivity index is 2.11. The number of amides is 1. The van der Waals surface area contributed by atoms with Gasteiger partial charge in [-0.1, -0.05) is 48.5 Å². The van der Waals surface area contributed by atoms with Crippen LogP contribution < -0.4 is 4.90 Å². The number of carboxylic acids is 1. The zero-order valence-corrected chi connectivity index (χ0v) is 12.3. The fourth-order valence-electron chi connectivity index (χ4n) is 2.22. The standard InChI is InChI=1S/C18H19NO3/c20-17(12-7-13-18(21)22)19(16-10-5-2-6-11-16)14-15-8-3-1-4-9-15/h1-6,8-11H,7,12-14H2,(H,21,22). The number of anilines is 1. The van der Waals surface area contributed by atoms with Crippen molar-refractivity contribution in [1.29, 1.82) is 0 Å². The number of aliphatic carboxylic acids is 1. The first kappa shape index (κ1) is 15.8. The van der Waals surface area contributed by atoms with Crippen LogP contribution in [0.5, 0.6) is 0 Å². The van der Waals surface area contributed by atoms with Crippen molar-refractivity contribution in [2.75, 3.05) is 4.90 Å². The van der Waals surface area contributed by atoms with Crippen LogP contribution >= 0.6 is 0 Å². The van der Waals surface area contributed by atoms with Gasteiger partial charge in [-0.25, -0.2) is 0 Å². The Morgan fingerprint density at radius 3 is 2.05 bits per heavy atom. The molecule has 0 bridgehead atoms. The number of carboxylic acid groups (broad SMARTS) is 1. The molecular weight excluding hydrogens is 278 g/mol. The fourth-order valence-corrected chi connectivity index (χ4v) is 2.22. The van der Waals surface area contributed by atoms with Crippen LogP contribution in [0.2, 0.25) is 0 Å². The van der Waals surface area contributed by atoms with Gasteiger partial charge in [-0.2, -0.15) is 0 Å². The van der Waals surface area contributed by atoms with E-state index in [-0.39, 0.29) is 18.7 Å². The molecular formula is C18H19NO3. The second kappa shape index (κ2) is 7.98. The molecule has 2 rings (SSSR count). The minimum Gasteiger partial charge on any atom is -0.481 e. The lowest BCUT2D eigenvalue weighted by Gasteiger charge is -2.23. The highest BCUT2D eigenvalue weighted by molar-refractivity contribution is 5.93. The van der Waals surface area contributed by atoms with Gasteiger partial charge in [0.25, 0.3) is 0 Å². The van der Waals surface area contributed by atoms with E-state index in [9.17, 15) is 9.59 Å². The number of rotatable bonds is 7. The Kier molecular flexibility index (Phi) is 5.72. The molecule has 0 heterocycles. The van der Waals surface area contributed by atoms with Gasteiger partial charge in [0.2, 0.25) is 5.91 Å². The Hall–Kier alpha value is -2.62. The molecule has 0 saturated heterocycles. The summed E-state index contributed by atoms with van der Waals surface area (Å²) in [4.78, 5) is 24.8. The number of benzene rings is 2. The first-order valence-electron chi connectivity index (χ1n) is 7.28. The summed E-state index contributed by atoms with van der Waals surface area (Å²) < 4.78 is 0. The molecule has 4 heteroatoms. The van der Waals surface area contributed by atoms with Crippen molar-refractivity contribution in [2.45, 2.75) is 25.8 Å². The van der Waals surface area contributed by atoms with E-state index in [0.29, 0.717) is 13.0 Å². The average molecular weight is 297 g/mol. The number of para-hydroxylation sites is 1. The molecule has 0 unspecified atom stereocenters. The van der Waals surface area contributed by atoms with Crippen LogP contribution in [0.4, 0.5) is 5.69 Å². The monoisotopic (exact) mass is 297 g/mol. The second-order valence-corrected chi connectivity index (χ2v) is 5.05. The van der Waals surface area contributed by atoms with Crippen LogP contribution in [-0.2, 0) is 16.1 Å². The van der Waals surface area contributed by atoms with E-state index >= 15 is 0 Å². The van der Waals surface area contributed by atoms with E-state index in [1.54, 1.807) is 4.90 Å². The summed E-state index contributed by atoms with van der Waals surface area (Å²) in [5, 5.41) is 8.69. The molecule has 4 nitrogen and oxygen atoms in total. The van der Waals surface area contributed by atoms with Crippen molar-refractivity contribution >= 4 is 17.6 Å². The van der Waals surface area contributed by atoms with Crippen LogP contribution in [0.25, 0.3) is 0 Å². The summed E-state index contributed by atoms with van der Waals surface area (Å²) >= 11 is 0. The molecule has 0 aliphatic rings. The minimum atomic E-state index is -0.873. The molecule has 1 amide bonds. The van der Waals surface area contributed by atoms with E-state index in [0.717, 1.165) is 11.3 Å². The van der Waals surface area contributed by atoms with Gasteiger partial charge in [-0.3, -0.25) is 9.59 Å². The number of carbonyl (C=O) groups excluding carboxylic acids is 1. The SMILES string of the molecule is O=C(O)CCCC(=O)N(Cc1ccccc1)c1ccccc1. The topological polar surface area (TPSA) is 57.6 Å². The fraction of sp³-hybridized carbons (Fsp3) is 0.222. The predicted molar refractivity (Wildman–Crippen MR) is 85.6 cm³/mol. The maximum absolute atomic E-state index is 12.5. The zero-order chi connectivity index (χ0) is 15.8. The van der Waals surface area contributed by atoms with Gasteiger partial charge in [0, 0.05) is 18.5 Å². The summed E-state index contributed by atoms with van der Waals surface area (Å²) in [5.74, 6) is -0.932. The second-order valence-electron chi connectivity index (χ2n) is 5.05. The van der Waals surface area contributed by atoms with Crippen molar-refractivity contribution in [2.24, 2.45) is 0 Å². The molecule has 0 radical (unpaired) electrons. The number of hydrogen-bond donors (Lipinski definition) is 1. The Morgan fingerprint density at radius 1 is 0.864 bits per heavy atom. The number of nitrogens with zero attached hydrogens (tertiary/aromatic N) is 1. The summed E-state index contributed by atoms with van der Waals surface area (Å²) in [6, 6.07) is 19.2. The molecule has 0 fully saturated rings. The van der Waals surface area contributed by atoms with Crippen LogP contribution in [-0.4, -0.2) is 17.0 Å². The molecule has 1 N–H and O–H groups in total. The lowest BCUT2D eigenvalue weighted by molar-refractivity contribution is -0.137. The van der Waals surface area contributed by atoms with Crippen molar-refractivity contribution in [3.8, 4) is 0 Å². The molecule has 0 aromatic heterocycles. The van der Waals surface area contributed by atoms with E-state index in [1.807, 2.05) is 60.7 Å². The summed E-state index contributed by atoms with van der Waals surface area (Å²) in [5.41, 5.74) is 1.87. The lowest BCUT2D eigenvalue weighted by Crippen LogP contribution is -2.30. The van der Waals surface area contributed by atoms with E-state index in [1.165, 1.54) is 0 Å². The first-order valence-corrected chi connectivity index (χ1v) is 7.28. The van der Waals surface area contributed by atoms with Gasteiger partial charge in [0.15, 0.2) is 0 Å². The van der Waals surface area contributed by atoms with Gasteiger partial charge in [-0.05, 0) is 24.1 Å². The van der Waals surface area contributed by atoms with E-state index in [4.69, 9.17) is 5.11 Å². The number of carbonyl (C=O) groups is 2. The average Bonchev–Trinajstić information content (AvgIpc) is 2.54. The smallest absolute Gasteiger partial charge is 0.303 e. The number of hydrogen-bond acceptors (Lipinski definition) is 2. The third kappa shape index (κ3) is 4.74. The molecule has 0 aliphatic heterocycles. The van der Waals surface area contributed by atoms with Crippen LogP contribution in [0.1, 0.15) is 24.8 Å². The predicted octanol–water partition coefficient (Wildman–Crippen LogP) is 3.47. The molecule has 0 spiro atoms. The highest BCUT2D eigenvalue weighted by atomic mass is 16.4. The van der Waals surface area contributed by atoms with Gasteiger partial charge in [-0.15, -0.1) is 0 Å². The normalized spacial score (nSPS) is 10.2. The maximum atomic E-state index is 12.5.